The lowest BCUT2D eigenvalue weighted by Crippen LogP contribution is -2.22. The van der Waals surface area contributed by atoms with Crippen molar-refractivity contribution >= 4 is 11.5 Å². The molecule has 6 heteroatoms. The molecule has 2 rings (SSSR count). The second-order valence-electron chi connectivity index (χ2n) is 5.81. The minimum absolute atomic E-state index is 0.0692. The van der Waals surface area contributed by atoms with Crippen molar-refractivity contribution in [2.45, 2.75) is 51.1 Å². The van der Waals surface area contributed by atoms with Crippen LogP contribution in [0.4, 0.5) is 17.6 Å². The smallest absolute Gasteiger partial charge is 0.308 e. The Bertz CT molecular complexity index is 608. The van der Waals surface area contributed by atoms with Gasteiger partial charge >= 0.3 is 5.97 Å². The summed E-state index contributed by atoms with van der Waals surface area (Å²) in [4.78, 5) is 11.3. The van der Waals surface area contributed by atoms with Gasteiger partial charge in [0, 0.05) is 18.4 Å². The summed E-state index contributed by atoms with van der Waals surface area (Å²) in [6.45, 7) is 0.603. The van der Waals surface area contributed by atoms with Crippen LogP contribution in [0.3, 0.4) is 0 Å². The zero-order valence-electron chi connectivity index (χ0n) is 13.5. The largest absolute Gasteiger partial charge is 0.462 e. The van der Waals surface area contributed by atoms with Crippen LogP contribution < -0.4 is 0 Å². The summed E-state index contributed by atoms with van der Waals surface area (Å²) in [7, 11) is 0. The van der Waals surface area contributed by atoms with E-state index in [4.69, 9.17) is 4.74 Å². The highest BCUT2D eigenvalue weighted by Gasteiger charge is 2.29. The summed E-state index contributed by atoms with van der Waals surface area (Å²) in [5.41, 5.74) is 0.902. The number of alkyl halides is 3. The number of ether oxygens (including phenoxy) is 1. The van der Waals surface area contributed by atoms with Crippen LogP contribution >= 0.6 is 0 Å². The molecule has 0 aliphatic heterocycles. The topological polar surface area (TPSA) is 26.3 Å². The average molecular weight is 344 g/mol. The standard InChI is InChI=1S/C18H20F4O2/c1-2-18(21,22)13-5-3-12(4-6-13)15-8-7-14(11-16(15)20)24-17(23)9-10-19/h3-6,14H,2,7-11H2,1H3. The van der Waals surface area contributed by atoms with Gasteiger partial charge in [-0.3, -0.25) is 9.18 Å². The molecule has 0 N–H and O–H groups in total. The van der Waals surface area contributed by atoms with Crippen LogP contribution in [-0.2, 0) is 15.5 Å². The molecule has 0 saturated heterocycles. The monoisotopic (exact) mass is 344 g/mol. The molecule has 1 unspecified atom stereocenters. The van der Waals surface area contributed by atoms with Crippen LogP contribution in [0.1, 0.15) is 50.2 Å². The molecule has 0 amide bonds. The molecule has 132 valence electrons. The molecule has 0 aromatic heterocycles. The first-order valence-electron chi connectivity index (χ1n) is 7.99. The van der Waals surface area contributed by atoms with Crippen LogP contribution in [0.2, 0.25) is 0 Å². The number of allylic oxidation sites excluding steroid dienone is 1. The minimum Gasteiger partial charge on any atom is -0.462 e. The lowest BCUT2D eigenvalue weighted by Gasteiger charge is -2.24. The SMILES string of the molecule is CCC(F)(F)c1ccc(C2=C(F)CC(OC(=O)CCF)CC2)cc1. The fourth-order valence-corrected chi connectivity index (χ4v) is 2.71. The van der Waals surface area contributed by atoms with Crippen LogP contribution in [0.5, 0.6) is 0 Å². The van der Waals surface area contributed by atoms with E-state index < -0.39 is 30.5 Å². The van der Waals surface area contributed by atoms with Gasteiger partial charge in [0.05, 0.1) is 13.1 Å². The van der Waals surface area contributed by atoms with E-state index in [1.807, 2.05) is 0 Å². The lowest BCUT2D eigenvalue weighted by molar-refractivity contribution is -0.149. The molecular weight excluding hydrogens is 324 g/mol. The molecular formula is C18H20F4O2. The average Bonchev–Trinajstić information content (AvgIpc) is 2.55. The van der Waals surface area contributed by atoms with E-state index in [9.17, 15) is 22.4 Å². The van der Waals surface area contributed by atoms with E-state index in [1.54, 1.807) is 0 Å². The van der Waals surface area contributed by atoms with Crippen molar-refractivity contribution in [1.29, 1.82) is 0 Å². The third kappa shape index (κ3) is 4.36. The number of carbonyl (C=O) groups excluding carboxylic acids is 1. The number of hydrogen-bond acceptors (Lipinski definition) is 2. The van der Waals surface area contributed by atoms with Gasteiger partial charge in [-0.25, -0.2) is 13.2 Å². The van der Waals surface area contributed by atoms with E-state index in [1.165, 1.54) is 31.2 Å². The molecule has 1 aromatic rings. The summed E-state index contributed by atoms with van der Waals surface area (Å²) in [6, 6.07) is 5.60. The number of hydrogen-bond donors (Lipinski definition) is 0. The fourth-order valence-electron chi connectivity index (χ4n) is 2.71. The van der Waals surface area contributed by atoms with Gasteiger partial charge in [-0.15, -0.1) is 0 Å². The summed E-state index contributed by atoms with van der Waals surface area (Å²) < 4.78 is 58.6. The van der Waals surface area contributed by atoms with Gasteiger partial charge in [-0.1, -0.05) is 31.2 Å². The first kappa shape index (κ1) is 18.5. The van der Waals surface area contributed by atoms with Gasteiger partial charge < -0.3 is 4.74 Å². The van der Waals surface area contributed by atoms with Gasteiger partial charge in [0.25, 0.3) is 5.92 Å². The van der Waals surface area contributed by atoms with Crippen LogP contribution in [0.15, 0.2) is 30.1 Å². The van der Waals surface area contributed by atoms with Crippen LogP contribution in [0.25, 0.3) is 5.57 Å². The summed E-state index contributed by atoms with van der Waals surface area (Å²) in [5, 5.41) is 0. The van der Waals surface area contributed by atoms with Crippen molar-refractivity contribution < 1.29 is 27.1 Å². The molecule has 0 bridgehead atoms. The molecule has 1 aromatic carbocycles. The number of esters is 1. The highest BCUT2D eigenvalue weighted by atomic mass is 19.3. The second-order valence-corrected chi connectivity index (χ2v) is 5.81. The maximum absolute atomic E-state index is 14.3. The minimum atomic E-state index is -2.90. The van der Waals surface area contributed by atoms with Gasteiger partial charge in [0.15, 0.2) is 0 Å². The van der Waals surface area contributed by atoms with Crippen molar-refractivity contribution in [2.24, 2.45) is 0 Å². The molecule has 0 heterocycles. The Hall–Kier alpha value is -1.85. The Balaban J connectivity index is 2.08. The Kier molecular flexibility index (Phi) is 6.02. The van der Waals surface area contributed by atoms with Gasteiger partial charge in [-0.05, 0) is 24.0 Å². The molecule has 1 aliphatic carbocycles. The van der Waals surface area contributed by atoms with E-state index in [0.29, 0.717) is 24.0 Å². The van der Waals surface area contributed by atoms with E-state index in [2.05, 4.69) is 0 Å². The highest BCUT2D eigenvalue weighted by molar-refractivity contribution is 5.71. The first-order valence-corrected chi connectivity index (χ1v) is 7.99. The zero-order chi connectivity index (χ0) is 17.7. The number of benzene rings is 1. The van der Waals surface area contributed by atoms with Crippen molar-refractivity contribution in [1.82, 2.24) is 0 Å². The Morgan fingerprint density at radius 3 is 2.50 bits per heavy atom. The van der Waals surface area contributed by atoms with E-state index >= 15 is 0 Å². The second kappa shape index (κ2) is 7.81. The fraction of sp³-hybridized carbons (Fsp3) is 0.500. The normalized spacial score (nSPS) is 18.6. The molecule has 0 radical (unpaired) electrons. The third-order valence-corrected chi connectivity index (χ3v) is 4.15. The molecule has 24 heavy (non-hydrogen) atoms. The number of halogens is 4. The zero-order valence-corrected chi connectivity index (χ0v) is 13.5. The van der Waals surface area contributed by atoms with Crippen molar-refractivity contribution in [3.63, 3.8) is 0 Å². The highest BCUT2D eigenvalue weighted by Crippen LogP contribution is 2.36. The molecule has 1 aliphatic rings. The molecule has 2 nitrogen and oxygen atoms in total. The first-order chi connectivity index (χ1) is 11.4. The van der Waals surface area contributed by atoms with Crippen molar-refractivity contribution in [3.8, 4) is 0 Å². The van der Waals surface area contributed by atoms with E-state index in [0.717, 1.165) is 0 Å². The molecule has 0 spiro atoms. The Labute approximate surface area is 138 Å². The van der Waals surface area contributed by atoms with E-state index in [-0.39, 0.29) is 24.8 Å². The van der Waals surface area contributed by atoms with Crippen molar-refractivity contribution in [2.75, 3.05) is 6.67 Å². The molecule has 0 fully saturated rings. The van der Waals surface area contributed by atoms with Crippen molar-refractivity contribution in [3.05, 3.63) is 41.2 Å². The maximum atomic E-state index is 14.3. The van der Waals surface area contributed by atoms with Crippen LogP contribution in [0, 0.1) is 0 Å². The van der Waals surface area contributed by atoms with Crippen LogP contribution in [-0.4, -0.2) is 18.7 Å². The number of rotatable bonds is 6. The molecule has 0 saturated carbocycles. The maximum Gasteiger partial charge on any atom is 0.308 e. The lowest BCUT2D eigenvalue weighted by atomic mass is 9.90. The summed E-state index contributed by atoms with van der Waals surface area (Å²) >= 11 is 0. The Morgan fingerprint density at radius 1 is 1.29 bits per heavy atom. The Morgan fingerprint density at radius 2 is 1.96 bits per heavy atom. The number of carbonyl (C=O) groups is 1. The van der Waals surface area contributed by atoms with Gasteiger partial charge in [0.2, 0.25) is 0 Å². The van der Waals surface area contributed by atoms with Gasteiger partial charge in [0.1, 0.15) is 11.9 Å². The molecule has 1 atom stereocenters. The quantitative estimate of drug-likeness (QED) is 0.515. The third-order valence-electron chi connectivity index (χ3n) is 4.15. The predicted octanol–water partition coefficient (Wildman–Crippen LogP) is 5.32. The summed E-state index contributed by atoms with van der Waals surface area (Å²) in [5.74, 6) is -3.99. The summed E-state index contributed by atoms with van der Waals surface area (Å²) in [6.07, 6.45) is -0.537. The predicted molar refractivity (Wildman–Crippen MR) is 83.0 cm³/mol. The van der Waals surface area contributed by atoms with Gasteiger partial charge in [-0.2, -0.15) is 0 Å².